The van der Waals surface area contributed by atoms with Gasteiger partial charge in [0.05, 0.1) is 0 Å². The molecule has 30 heavy (non-hydrogen) atoms. The Morgan fingerprint density at radius 1 is 1.03 bits per heavy atom. The topological polar surface area (TPSA) is 74.8 Å². The number of carbonyl (C=O) groups is 1. The Morgan fingerprint density at radius 3 is 2.40 bits per heavy atom. The first-order chi connectivity index (χ1) is 13.8. The number of aliphatic imine (C=N–C) groups is 1. The molecule has 0 aliphatic carbocycles. The molecule has 0 saturated heterocycles. The third kappa shape index (κ3) is 8.89. The van der Waals surface area contributed by atoms with Crippen LogP contribution in [0.3, 0.4) is 0 Å². The molecule has 164 valence electrons. The fraction of sp³-hybridized carbons (Fsp3) is 0.300. The zero-order chi connectivity index (χ0) is 21.3. The first-order valence-electron chi connectivity index (χ1n) is 8.91. The highest BCUT2D eigenvalue weighted by Crippen LogP contribution is 2.25. The fourth-order valence-electron chi connectivity index (χ4n) is 2.52. The van der Waals surface area contributed by atoms with E-state index >= 15 is 0 Å². The van der Waals surface area contributed by atoms with Gasteiger partial charge in [-0.2, -0.15) is 0 Å². The molecule has 0 radical (unpaired) electrons. The van der Waals surface area contributed by atoms with E-state index in [1.54, 1.807) is 25.2 Å². The number of benzene rings is 2. The standard InChI is InChI=1S/C20H23F3N4O2.HI/c1-14-6-5-8-15(12-14)18(28)25-10-11-26-19(24-2)27-13-16-7-3-4-9-17(16)29-20(21,22)23;/h3-9,12H,10-11,13H2,1-2H3,(H,25,28)(H2,24,26,27);1H. The Kier molecular flexibility index (Phi) is 10.4. The average Bonchev–Trinajstić information content (AvgIpc) is 2.67. The van der Waals surface area contributed by atoms with Gasteiger partial charge in [0, 0.05) is 37.8 Å². The predicted octanol–water partition coefficient (Wildman–Crippen LogP) is 3.61. The number of halogens is 4. The van der Waals surface area contributed by atoms with Crippen molar-refractivity contribution < 1.29 is 22.7 Å². The summed E-state index contributed by atoms with van der Waals surface area (Å²) in [6.07, 6.45) is -4.76. The highest BCUT2D eigenvalue weighted by Gasteiger charge is 2.31. The first kappa shape index (κ1) is 25.5. The second kappa shape index (κ2) is 12.3. The maximum atomic E-state index is 12.5. The Morgan fingerprint density at radius 2 is 1.73 bits per heavy atom. The number of aryl methyl sites for hydroxylation is 1. The molecule has 0 unspecified atom stereocenters. The summed E-state index contributed by atoms with van der Waals surface area (Å²) < 4.78 is 41.5. The molecule has 0 aliphatic rings. The molecule has 10 heteroatoms. The molecule has 0 atom stereocenters. The van der Waals surface area contributed by atoms with E-state index in [1.165, 1.54) is 18.2 Å². The average molecular weight is 536 g/mol. The van der Waals surface area contributed by atoms with E-state index < -0.39 is 6.36 Å². The Labute approximate surface area is 190 Å². The van der Waals surface area contributed by atoms with Gasteiger partial charge in [0.15, 0.2) is 5.96 Å². The summed E-state index contributed by atoms with van der Waals surface area (Å²) in [6.45, 7) is 2.73. The lowest BCUT2D eigenvalue weighted by molar-refractivity contribution is -0.274. The molecule has 6 nitrogen and oxygen atoms in total. The molecule has 0 fully saturated rings. The third-order valence-electron chi connectivity index (χ3n) is 3.85. The molecule has 3 N–H and O–H groups in total. The number of guanidine groups is 1. The summed E-state index contributed by atoms with van der Waals surface area (Å²) in [7, 11) is 1.54. The van der Waals surface area contributed by atoms with Gasteiger partial charge in [0.2, 0.25) is 0 Å². The van der Waals surface area contributed by atoms with Crippen LogP contribution in [0.2, 0.25) is 0 Å². The second-order valence-corrected chi connectivity index (χ2v) is 6.13. The summed E-state index contributed by atoms with van der Waals surface area (Å²) >= 11 is 0. The molecule has 2 aromatic rings. The van der Waals surface area contributed by atoms with E-state index in [-0.39, 0.29) is 42.2 Å². The maximum Gasteiger partial charge on any atom is 0.573 e. The Hall–Kier alpha value is -2.50. The van der Waals surface area contributed by atoms with Gasteiger partial charge in [-0.1, -0.05) is 35.9 Å². The first-order valence-corrected chi connectivity index (χ1v) is 8.91. The quantitative estimate of drug-likeness (QED) is 0.219. The molecule has 0 aromatic heterocycles. The summed E-state index contributed by atoms with van der Waals surface area (Å²) in [4.78, 5) is 16.1. The molecule has 1 amide bonds. The summed E-state index contributed by atoms with van der Waals surface area (Å²) in [6, 6.07) is 13.1. The van der Waals surface area contributed by atoms with Crippen molar-refractivity contribution in [2.45, 2.75) is 19.8 Å². The van der Waals surface area contributed by atoms with E-state index in [4.69, 9.17) is 0 Å². The van der Waals surface area contributed by atoms with E-state index in [2.05, 4.69) is 25.7 Å². The smallest absolute Gasteiger partial charge is 0.405 e. The van der Waals surface area contributed by atoms with Gasteiger partial charge >= 0.3 is 6.36 Å². The minimum atomic E-state index is -4.76. The molecular weight excluding hydrogens is 512 g/mol. The summed E-state index contributed by atoms with van der Waals surface area (Å²) in [5, 5.41) is 8.69. The number of amides is 1. The van der Waals surface area contributed by atoms with Gasteiger partial charge in [-0.05, 0) is 25.1 Å². The van der Waals surface area contributed by atoms with Crippen molar-refractivity contribution in [1.82, 2.24) is 16.0 Å². The van der Waals surface area contributed by atoms with Crippen molar-refractivity contribution in [2.75, 3.05) is 20.1 Å². The van der Waals surface area contributed by atoms with Crippen LogP contribution < -0.4 is 20.7 Å². The minimum absolute atomic E-state index is 0. The third-order valence-corrected chi connectivity index (χ3v) is 3.85. The van der Waals surface area contributed by atoms with E-state index in [0.717, 1.165) is 5.56 Å². The lowest BCUT2D eigenvalue weighted by atomic mass is 10.1. The molecule has 0 spiro atoms. The highest BCUT2D eigenvalue weighted by atomic mass is 127. The predicted molar refractivity (Wildman–Crippen MR) is 120 cm³/mol. The molecular formula is C20H24F3IN4O2. The van der Waals surface area contributed by atoms with Crippen LogP contribution >= 0.6 is 24.0 Å². The number of para-hydroxylation sites is 1. The number of rotatable bonds is 7. The van der Waals surface area contributed by atoms with Crippen LogP contribution in [0.25, 0.3) is 0 Å². The number of ether oxygens (including phenoxy) is 1. The number of hydrogen-bond acceptors (Lipinski definition) is 3. The number of carbonyl (C=O) groups excluding carboxylic acids is 1. The largest absolute Gasteiger partial charge is 0.573 e. The molecule has 2 aromatic carbocycles. The summed E-state index contributed by atoms with van der Waals surface area (Å²) in [5.74, 6) is -0.0679. The second-order valence-electron chi connectivity index (χ2n) is 6.13. The van der Waals surface area contributed by atoms with Crippen LogP contribution in [0.15, 0.2) is 53.5 Å². The molecule has 0 bridgehead atoms. The molecule has 0 saturated carbocycles. The zero-order valence-electron chi connectivity index (χ0n) is 16.5. The van der Waals surface area contributed by atoms with Crippen molar-refractivity contribution in [1.29, 1.82) is 0 Å². The highest BCUT2D eigenvalue weighted by molar-refractivity contribution is 14.0. The van der Waals surface area contributed by atoms with Crippen LogP contribution in [0.4, 0.5) is 13.2 Å². The van der Waals surface area contributed by atoms with Gasteiger partial charge < -0.3 is 20.7 Å². The Balaban J connectivity index is 0.00000450. The number of alkyl halides is 3. The van der Waals surface area contributed by atoms with Crippen molar-refractivity contribution in [2.24, 2.45) is 4.99 Å². The van der Waals surface area contributed by atoms with Crippen LogP contribution in [-0.2, 0) is 6.54 Å². The van der Waals surface area contributed by atoms with Crippen molar-refractivity contribution in [3.63, 3.8) is 0 Å². The Bertz CT molecular complexity index is 860. The van der Waals surface area contributed by atoms with Gasteiger partial charge in [0.25, 0.3) is 5.91 Å². The van der Waals surface area contributed by atoms with Crippen LogP contribution in [0.5, 0.6) is 5.75 Å². The van der Waals surface area contributed by atoms with Crippen LogP contribution in [-0.4, -0.2) is 38.4 Å². The van der Waals surface area contributed by atoms with Crippen molar-refractivity contribution in [3.05, 3.63) is 65.2 Å². The van der Waals surface area contributed by atoms with E-state index in [1.807, 2.05) is 19.1 Å². The van der Waals surface area contributed by atoms with Crippen molar-refractivity contribution >= 4 is 35.8 Å². The van der Waals surface area contributed by atoms with E-state index in [0.29, 0.717) is 30.2 Å². The lowest BCUT2D eigenvalue weighted by Gasteiger charge is -2.15. The minimum Gasteiger partial charge on any atom is -0.405 e. The molecule has 0 aliphatic heterocycles. The van der Waals surface area contributed by atoms with Crippen LogP contribution in [0, 0.1) is 6.92 Å². The normalized spacial score (nSPS) is 11.3. The monoisotopic (exact) mass is 536 g/mol. The van der Waals surface area contributed by atoms with Gasteiger partial charge in [-0.3, -0.25) is 9.79 Å². The van der Waals surface area contributed by atoms with E-state index in [9.17, 15) is 18.0 Å². The lowest BCUT2D eigenvalue weighted by Crippen LogP contribution is -2.41. The SMILES string of the molecule is CN=C(NCCNC(=O)c1cccc(C)c1)NCc1ccccc1OC(F)(F)F.I. The molecule has 2 rings (SSSR count). The van der Waals surface area contributed by atoms with Crippen LogP contribution in [0.1, 0.15) is 21.5 Å². The van der Waals surface area contributed by atoms with Gasteiger partial charge in [0.1, 0.15) is 5.75 Å². The molecule has 0 heterocycles. The zero-order valence-corrected chi connectivity index (χ0v) is 18.9. The number of nitrogens with one attached hydrogen (secondary N) is 3. The summed E-state index contributed by atoms with van der Waals surface area (Å²) in [5.41, 5.74) is 1.91. The number of nitrogens with zero attached hydrogens (tertiary/aromatic N) is 1. The number of hydrogen-bond donors (Lipinski definition) is 3. The maximum absolute atomic E-state index is 12.5. The van der Waals surface area contributed by atoms with Gasteiger partial charge in [-0.25, -0.2) is 0 Å². The van der Waals surface area contributed by atoms with Gasteiger partial charge in [-0.15, -0.1) is 37.1 Å². The van der Waals surface area contributed by atoms with Crippen molar-refractivity contribution in [3.8, 4) is 5.75 Å². The fourth-order valence-corrected chi connectivity index (χ4v) is 2.52.